The molecule has 1 aromatic heterocycles. The Balaban J connectivity index is 2.73. The van der Waals surface area contributed by atoms with Gasteiger partial charge in [-0.25, -0.2) is 23.9 Å². The number of benzene rings is 1. The molecule has 6 heteroatoms. The van der Waals surface area contributed by atoms with Crippen LogP contribution in [0.3, 0.4) is 0 Å². The van der Waals surface area contributed by atoms with E-state index in [1.165, 1.54) is 7.05 Å². The molecule has 2 rings (SSSR count). The highest BCUT2D eigenvalue weighted by Crippen LogP contribution is 2.18. The van der Waals surface area contributed by atoms with E-state index < -0.39 is 5.69 Å². The maximum atomic E-state index is 11.7. The minimum Gasteiger partial charge on any atom is -0.246 e. The van der Waals surface area contributed by atoms with E-state index in [1.807, 2.05) is 13.0 Å². The molecular weight excluding hydrogens is 274 g/mol. The molecule has 1 N–H and O–H groups in total. The average molecular weight is 284 g/mol. The third-order valence-corrected chi connectivity index (χ3v) is 3.21. The molecule has 0 unspecified atom stereocenters. The molecule has 16 heavy (non-hydrogen) atoms. The molecule has 0 saturated heterocycles. The van der Waals surface area contributed by atoms with Gasteiger partial charge in [0.25, 0.3) is 0 Å². The second kappa shape index (κ2) is 3.79. The van der Waals surface area contributed by atoms with E-state index >= 15 is 0 Å². The summed E-state index contributed by atoms with van der Waals surface area (Å²) in [4.78, 5) is 23.2. The Bertz CT molecular complexity index is 651. The Labute approximate surface area is 99.4 Å². The maximum Gasteiger partial charge on any atom is 0.351 e. The number of nitrogens with zero attached hydrogens (tertiary/aromatic N) is 2. The first-order chi connectivity index (χ1) is 7.50. The molecule has 0 amide bonds. The Hall–Kier alpha value is -1.56. The van der Waals surface area contributed by atoms with E-state index in [1.54, 1.807) is 12.1 Å². The molecule has 0 aliphatic rings. The first kappa shape index (κ1) is 10.9. The van der Waals surface area contributed by atoms with Gasteiger partial charge < -0.3 is 0 Å². The fourth-order valence-electron chi connectivity index (χ4n) is 1.43. The Morgan fingerprint density at radius 2 is 2.00 bits per heavy atom. The van der Waals surface area contributed by atoms with Crippen LogP contribution in [0.15, 0.2) is 32.3 Å². The van der Waals surface area contributed by atoms with Crippen molar-refractivity contribution in [1.82, 2.24) is 14.3 Å². The minimum atomic E-state index is -0.441. The number of nitrogens with one attached hydrogen (secondary N) is 1. The molecule has 2 aromatic rings. The van der Waals surface area contributed by atoms with Crippen LogP contribution in [0.2, 0.25) is 0 Å². The summed E-state index contributed by atoms with van der Waals surface area (Å²) in [5.74, 6) is 0. The monoisotopic (exact) mass is 283 g/mol. The number of rotatable bonds is 1. The molecule has 1 aromatic carbocycles. The molecule has 1 heterocycles. The van der Waals surface area contributed by atoms with E-state index in [-0.39, 0.29) is 5.69 Å². The van der Waals surface area contributed by atoms with Crippen molar-refractivity contribution >= 4 is 15.9 Å². The molecular formula is C10H10BrN3O2. The number of halogens is 1. The molecule has 0 bridgehead atoms. The van der Waals surface area contributed by atoms with Crippen molar-refractivity contribution in [2.24, 2.45) is 7.05 Å². The van der Waals surface area contributed by atoms with E-state index in [2.05, 4.69) is 21.0 Å². The summed E-state index contributed by atoms with van der Waals surface area (Å²) in [5, 5.41) is 2.40. The van der Waals surface area contributed by atoms with Crippen molar-refractivity contribution in [2.75, 3.05) is 0 Å². The summed E-state index contributed by atoms with van der Waals surface area (Å²) in [7, 11) is 1.50. The number of hydrogen-bond donors (Lipinski definition) is 1. The SMILES string of the molecule is Cc1ccc(-n2c(=O)[nH]n(C)c2=O)cc1Br. The first-order valence-corrected chi connectivity index (χ1v) is 5.44. The van der Waals surface area contributed by atoms with Gasteiger partial charge >= 0.3 is 11.4 Å². The molecule has 84 valence electrons. The van der Waals surface area contributed by atoms with Crippen LogP contribution in [-0.2, 0) is 7.05 Å². The van der Waals surface area contributed by atoms with Gasteiger partial charge in [0.1, 0.15) is 0 Å². The highest BCUT2D eigenvalue weighted by atomic mass is 79.9. The van der Waals surface area contributed by atoms with Crippen LogP contribution < -0.4 is 11.4 Å². The molecule has 0 atom stereocenters. The summed E-state index contributed by atoms with van der Waals surface area (Å²) in [6, 6.07) is 5.32. The lowest BCUT2D eigenvalue weighted by molar-refractivity contribution is 0.723. The lowest BCUT2D eigenvalue weighted by atomic mass is 10.2. The Morgan fingerprint density at radius 3 is 2.50 bits per heavy atom. The van der Waals surface area contributed by atoms with Gasteiger partial charge in [-0.05, 0) is 24.6 Å². The Kier molecular flexibility index (Phi) is 2.59. The van der Waals surface area contributed by atoms with Crippen LogP contribution in [0.4, 0.5) is 0 Å². The average Bonchev–Trinajstić information content (AvgIpc) is 2.47. The third-order valence-electron chi connectivity index (χ3n) is 2.36. The van der Waals surface area contributed by atoms with E-state index in [4.69, 9.17) is 0 Å². The van der Waals surface area contributed by atoms with Gasteiger partial charge in [0.2, 0.25) is 0 Å². The standard InChI is InChI=1S/C10H10BrN3O2/c1-6-3-4-7(5-8(6)11)14-9(15)12-13(2)10(14)16/h3-5H,1-2H3,(H,12,15). The van der Waals surface area contributed by atoms with E-state index in [0.717, 1.165) is 19.3 Å². The molecule has 0 aliphatic heterocycles. The highest BCUT2D eigenvalue weighted by Gasteiger charge is 2.09. The molecule has 0 spiro atoms. The van der Waals surface area contributed by atoms with Crippen LogP contribution in [0.5, 0.6) is 0 Å². The molecule has 0 radical (unpaired) electrons. The van der Waals surface area contributed by atoms with Gasteiger partial charge in [-0.3, -0.25) is 0 Å². The summed E-state index contributed by atoms with van der Waals surface area (Å²) in [6.45, 7) is 1.94. The Morgan fingerprint density at radius 1 is 1.31 bits per heavy atom. The zero-order valence-corrected chi connectivity index (χ0v) is 10.4. The van der Waals surface area contributed by atoms with Crippen molar-refractivity contribution < 1.29 is 0 Å². The van der Waals surface area contributed by atoms with Crippen LogP contribution in [0, 0.1) is 6.92 Å². The largest absolute Gasteiger partial charge is 0.351 e. The summed E-state index contributed by atoms with van der Waals surface area (Å²) in [5.41, 5.74) is 0.762. The second-order valence-corrected chi connectivity index (χ2v) is 4.38. The minimum absolute atomic E-state index is 0.388. The lowest BCUT2D eigenvalue weighted by Crippen LogP contribution is -2.26. The maximum absolute atomic E-state index is 11.7. The number of aryl methyl sites for hydroxylation is 2. The van der Waals surface area contributed by atoms with Crippen molar-refractivity contribution in [1.29, 1.82) is 0 Å². The predicted octanol–water partition coefficient (Wildman–Crippen LogP) is 0.935. The quantitative estimate of drug-likeness (QED) is 0.847. The zero-order valence-electron chi connectivity index (χ0n) is 8.82. The normalized spacial score (nSPS) is 10.7. The van der Waals surface area contributed by atoms with Gasteiger partial charge in [-0.15, -0.1) is 0 Å². The fraction of sp³-hybridized carbons (Fsp3) is 0.200. The smallest absolute Gasteiger partial charge is 0.246 e. The third kappa shape index (κ3) is 1.65. The van der Waals surface area contributed by atoms with Crippen molar-refractivity contribution in [2.45, 2.75) is 6.92 Å². The topological polar surface area (TPSA) is 59.8 Å². The zero-order chi connectivity index (χ0) is 11.9. The molecule has 0 fully saturated rings. The van der Waals surface area contributed by atoms with Crippen molar-refractivity contribution in [3.63, 3.8) is 0 Å². The number of aromatic nitrogens is 3. The van der Waals surface area contributed by atoms with Crippen molar-refractivity contribution in [3.05, 3.63) is 49.2 Å². The van der Waals surface area contributed by atoms with Crippen molar-refractivity contribution in [3.8, 4) is 5.69 Å². The number of hydrogen-bond acceptors (Lipinski definition) is 2. The van der Waals surface area contributed by atoms with Crippen LogP contribution >= 0.6 is 15.9 Å². The van der Waals surface area contributed by atoms with Gasteiger partial charge in [0.15, 0.2) is 0 Å². The summed E-state index contributed by atoms with van der Waals surface area (Å²) >= 11 is 3.36. The van der Waals surface area contributed by atoms with Gasteiger partial charge in [0, 0.05) is 11.5 Å². The summed E-state index contributed by atoms with van der Waals surface area (Å²) in [6.07, 6.45) is 0. The number of H-pyrrole nitrogens is 1. The van der Waals surface area contributed by atoms with E-state index in [0.29, 0.717) is 5.69 Å². The second-order valence-electron chi connectivity index (χ2n) is 3.53. The van der Waals surface area contributed by atoms with Crippen LogP contribution in [0.25, 0.3) is 5.69 Å². The van der Waals surface area contributed by atoms with Gasteiger partial charge in [0.05, 0.1) is 5.69 Å². The van der Waals surface area contributed by atoms with Crippen LogP contribution in [-0.4, -0.2) is 14.3 Å². The van der Waals surface area contributed by atoms with Gasteiger partial charge in [-0.1, -0.05) is 22.0 Å². The number of aromatic amines is 1. The lowest BCUT2D eigenvalue weighted by Gasteiger charge is -2.02. The fourth-order valence-corrected chi connectivity index (χ4v) is 1.79. The first-order valence-electron chi connectivity index (χ1n) is 4.65. The van der Waals surface area contributed by atoms with Gasteiger partial charge in [-0.2, -0.15) is 0 Å². The van der Waals surface area contributed by atoms with Crippen LogP contribution in [0.1, 0.15) is 5.56 Å². The molecule has 0 aliphatic carbocycles. The van der Waals surface area contributed by atoms with E-state index in [9.17, 15) is 9.59 Å². The highest BCUT2D eigenvalue weighted by molar-refractivity contribution is 9.10. The molecule has 5 nitrogen and oxygen atoms in total. The molecule has 0 saturated carbocycles. The summed E-state index contributed by atoms with van der Waals surface area (Å²) < 4.78 is 3.10. The predicted molar refractivity (Wildman–Crippen MR) is 64.1 cm³/mol.